The van der Waals surface area contributed by atoms with Crippen molar-refractivity contribution in [1.29, 1.82) is 0 Å². The first-order chi connectivity index (χ1) is 13.3. The molecule has 0 bridgehead atoms. The molecule has 4 N–H and O–H groups in total. The Bertz CT molecular complexity index is 973. The quantitative estimate of drug-likeness (QED) is 0.628. The number of benzene rings is 1. The zero-order chi connectivity index (χ0) is 20.4. The monoisotopic (exact) mass is 379 g/mol. The van der Waals surface area contributed by atoms with Gasteiger partial charge in [0.1, 0.15) is 5.82 Å². The van der Waals surface area contributed by atoms with Gasteiger partial charge in [-0.2, -0.15) is 10.1 Å². The molecule has 0 aliphatic heterocycles. The van der Waals surface area contributed by atoms with Crippen molar-refractivity contribution >= 4 is 17.7 Å². The second-order valence-electron chi connectivity index (χ2n) is 6.98. The van der Waals surface area contributed by atoms with E-state index < -0.39 is 0 Å². The molecule has 0 saturated heterocycles. The average molecular weight is 379 g/mol. The summed E-state index contributed by atoms with van der Waals surface area (Å²) < 4.78 is 0. The highest BCUT2D eigenvalue weighted by Gasteiger charge is 2.17. The van der Waals surface area contributed by atoms with Crippen LogP contribution in [0.5, 0.6) is 0 Å². The van der Waals surface area contributed by atoms with E-state index >= 15 is 0 Å². The third-order valence-electron chi connectivity index (χ3n) is 4.60. The molecule has 1 aromatic carbocycles. The molecule has 0 radical (unpaired) electrons. The first-order valence-corrected chi connectivity index (χ1v) is 9.01. The van der Waals surface area contributed by atoms with Crippen molar-refractivity contribution in [2.45, 2.75) is 26.8 Å². The SMILES string of the molecule is Cc1n[nH]c(C)c1[C@H](C)NC(=O)c1ccc(-c2cc(N(C)C)nc(N)n2)cc1. The number of nitrogens with zero attached hydrogens (tertiary/aromatic N) is 4. The number of rotatable bonds is 5. The predicted molar refractivity (Wildman–Crippen MR) is 110 cm³/mol. The van der Waals surface area contributed by atoms with Crippen molar-refractivity contribution in [2.75, 3.05) is 24.7 Å². The molecule has 0 saturated carbocycles. The van der Waals surface area contributed by atoms with Gasteiger partial charge in [-0.25, -0.2) is 4.98 Å². The number of nitrogen functional groups attached to an aromatic ring is 1. The zero-order valence-corrected chi connectivity index (χ0v) is 16.7. The Morgan fingerprint density at radius 1 is 1.18 bits per heavy atom. The summed E-state index contributed by atoms with van der Waals surface area (Å²) in [5, 5.41) is 10.2. The summed E-state index contributed by atoms with van der Waals surface area (Å²) >= 11 is 0. The molecule has 8 nitrogen and oxygen atoms in total. The summed E-state index contributed by atoms with van der Waals surface area (Å²) in [6, 6.07) is 8.98. The van der Waals surface area contributed by atoms with Crippen molar-refractivity contribution in [2.24, 2.45) is 0 Å². The van der Waals surface area contributed by atoms with E-state index in [2.05, 4.69) is 25.5 Å². The molecule has 3 rings (SSSR count). The van der Waals surface area contributed by atoms with E-state index in [4.69, 9.17) is 5.73 Å². The van der Waals surface area contributed by atoms with Crippen LogP contribution in [-0.4, -0.2) is 40.2 Å². The number of carbonyl (C=O) groups is 1. The van der Waals surface area contributed by atoms with Gasteiger partial charge in [0.15, 0.2) is 0 Å². The molecule has 3 aromatic rings. The summed E-state index contributed by atoms with van der Waals surface area (Å²) in [5.74, 6) is 0.793. The number of anilines is 2. The van der Waals surface area contributed by atoms with Crippen LogP contribution < -0.4 is 16.0 Å². The van der Waals surface area contributed by atoms with Crippen LogP contribution in [0.25, 0.3) is 11.3 Å². The maximum Gasteiger partial charge on any atom is 0.251 e. The van der Waals surface area contributed by atoms with Crippen molar-refractivity contribution in [3.63, 3.8) is 0 Å². The van der Waals surface area contributed by atoms with Gasteiger partial charge in [0.05, 0.1) is 17.4 Å². The number of nitrogens with two attached hydrogens (primary N) is 1. The van der Waals surface area contributed by atoms with Crippen LogP contribution in [0.2, 0.25) is 0 Å². The topological polar surface area (TPSA) is 113 Å². The van der Waals surface area contributed by atoms with Gasteiger partial charge in [-0.05, 0) is 32.9 Å². The second-order valence-corrected chi connectivity index (χ2v) is 6.98. The predicted octanol–water partition coefficient (Wildman–Crippen LogP) is 2.62. The Labute approximate surface area is 164 Å². The third kappa shape index (κ3) is 3.95. The molecular weight excluding hydrogens is 354 g/mol. The van der Waals surface area contributed by atoms with Gasteiger partial charge < -0.3 is 16.0 Å². The molecule has 0 aliphatic carbocycles. The smallest absolute Gasteiger partial charge is 0.251 e. The van der Waals surface area contributed by atoms with Crippen molar-refractivity contribution < 1.29 is 4.79 Å². The Morgan fingerprint density at radius 2 is 1.86 bits per heavy atom. The number of amides is 1. The number of hydrogen-bond acceptors (Lipinski definition) is 6. The van der Waals surface area contributed by atoms with Crippen LogP contribution in [0.3, 0.4) is 0 Å². The lowest BCUT2D eigenvalue weighted by atomic mass is 10.0. The minimum Gasteiger partial charge on any atom is -0.368 e. The van der Waals surface area contributed by atoms with E-state index in [0.29, 0.717) is 11.3 Å². The number of nitrogens with one attached hydrogen (secondary N) is 2. The lowest BCUT2D eigenvalue weighted by Crippen LogP contribution is -2.27. The zero-order valence-electron chi connectivity index (χ0n) is 16.7. The summed E-state index contributed by atoms with van der Waals surface area (Å²) in [4.78, 5) is 23.0. The molecule has 0 unspecified atom stereocenters. The van der Waals surface area contributed by atoms with Gasteiger partial charge >= 0.3 is 0 Å². The standard InChI is InChI=1S/C20H25N7O/c1-11(18-12(2)25-26-13(18)3)22-19(28)15-8-6-14(7-9-15)16-10-17(27(4)5)24-20(21)23-16/h6-11H,1-5H3,(H,22,28)(H,25,26)(H2,21,23,24)/t11-/m0/s1. The molecule has 2 heterocycles. The molecule has 1 amide bonds. The molecule has 146 valence electrons. The Kier molecular flexibility index (Phi) is 5.30. The highest BCUT2D eigenvalue weighted by atomic mass is 16.1. The number of aromatic amines is 1. The lowest BCUT2D eigenvalue weighted by Gasteiger charge is -2.15. The van der Waals surface area contributed by atoms with Crippen LogP contribution in [-0.2, 0) is 0 Å². The fourth-order valence-corrected chi connectivity index (χ4v) is 3.17. The average Bonchev–Trinajstić information content (AvgIpc) is 2.99. The Balaban J connectivity index is 1.78. The first kappa shape index (κ1) is 19.3. The van der Waals surface area contributed by atoms with Crippen LogP contribution >= 0.6 is 0 Å². The van der Waals surface area contributed by atoms with Crippen LogP contribution in [0.4, 0.5) is 11.8 Å². The third-order valence-corrected chi connectivity index (χ3v) is 4.60. The van der Waals surface area contributed by atoms with Crippen molar-refractivity contribution in [3.05, 3.63) is 52.8 Å². The molecule has 0 spiro atoms. The van der Waals surface area contributed by atoms with E-state index in [1.165, 1.54) is 0 Å². The number of carbonyl (C=O) groups excluding carboxylic acids is 1. The molecule has 0 aliphatic rings. The van der Waals surface area contributed by atoms with Gasteiger partial charge in [-0.15, -0.1) is 0 Å². The van der Waals surface area contributed by atoms with Gasteiger partial charge in [0, 0.05) is 42.5 Å². The van der Waals surface area contributed by atoms with E-state index in [0.717, 1.165) is 28.3 Å². The van der Waals surface area contributed by atoms with Gasteiger partial charge in [-0.1, -0.05) is 12.1 Å². The van der Waals surface area contributed by atoms with E-state index in [1.807, 2.05) is 58.0 Å². The van der Waals surface area contributed by atoms with E-state index in [9.17, 15) is 4.79 Å². The summed E-state index contributed by atoms with van der Waals surface area (Å²) in [6.07, 6.45) is 0. The van der Waals surface area contributed by atoms with E-state index in [1.54, 1.807) is 12.1 Å². The van der Waals surface area contributed by atoms with Crippen molar-refractivity contribution in [3.8, 4) is 11.3 Å². The normalized spacial score (nSPS) is 11.9. The summed E-state index contributed by atoms with van der Waals surface area (Å²) in [5.41, 5.74) is 10.8. The fraction of sp³-hybridized carbons (Fsp3) is 0.300. The van der Waals surface area contributed by atoms with E-state index in [-0.39, 0.29) is 17.9 Å². The number of aryl methyl sites for hydroxylation is 2. The maximum absolute atomic E-state index is 12.6. The van der Waals surface area contributed by atoms with Gasteiger partial charge in [0.2, 0.25) is 5.95 Å². The van der Waals surface area contributed by atoms with Crippen molar-refractivity contribution in [1.82, 2.24) is 25.5 Å². The molecular formula is C20H25N7O. The van der Waals surface area contributed by atoms with Gasteiger partial charge in [-0.3, -0.25) is 9.89 Å². The first-order valence-electron chi connectivity index (χ1n) is 9.01. The van der Waals surface area contributed by atoms with Crippen LogP contribution in [0.1, 0.15) is 40.3 Å². The molecule has 0 fully saturated rings. The lowest BCUT2D eigenvalue weighted by molar-refractivity contribution is 0.0940. The Hall–Kier alpha value is -3.42. The molecule has 28 heavy (non-hydrogen) atoms. The maximum atomic E-state index is 12.6. The minimum atomic E-state index is -0.143. The second kappa shape index (κ2) is 7.67. The van der Waals surface area contributed by atoms with Crippen LogP contribution in [0, 0.1) is 13.8 Å². The molecule has 2 aromatic heterocycles. The highest BCUT2D eigenvalue weighted by molar-refractivity contribution is 5.95. The number of H-pyrrole nitrogens is 1. The molecule has 1 atom stereocenters. The van der Waals surface area contributed by atoms with Gasteiger partial charge in [0.25, 0.3) is 5.91 Å². The highest BCUT2D eigenvalue weighted by Crippen LogP contribution is 2.23. The number of aromatic nitrogens is 4. The summed E-state index contributed by atoms with van der Waals surface area (Å²) in [7, 11) is 3.78. The van der Waals surface area contributed by atoms with Crippen LogP contribution in [0.15, 0.2) is 30.3 Å². The minimum absolute atomic E-state index is 0.143. The number of hydrogen-bond donors (Lipinski definition) is 3. The fourth-order valence-electron chi connectivity index (χ4n) is 3.17. The Morgan fingerprint density at radius 3 is 2.43 bits per heavy atom. The largest absolute Gasteiger partial charge is 0.368 e. The molecule has 8 heteroatoms. The summed E-state index contributed by atoms with van der Waals surface area (Å²) in [6.45, 7) is 5.82.